The Morgan fingerprint density at radius 3 is 2.64 bits per heavy atom. The Labute approximate surface area is 156 Å². The van der Waals surface area contributed by atoms with E-state index in [1.165, 1.54) is 4.90 Å². The molecule has 0 atom stereocenters. The van der Waals surface area contributed by atoms with Gasteiger partial charge in [0.05, 0.1) is 11.4 Å². The molecule has 0 saturated carbocycles. The molecule has 0 aliphatic carbocycles. The maximum Gasteiger partial charge on any atom is 0.293 e. The predicted octanol–water partition coefficient (Wildman–Crippen LogP) is 4.41. The number of imide groups is 1. The zero-order valence-electron chi connectivity index (χ0n) is 12.9. The summed E-state index contributed by atoms with van der Waals surface area (Å²) in [4.78, 5) is 26.5. The van der Waals surface area contributed by atoms with Gasteiger partial charge in [0.1, 0.15) is 0 Å². The van der Waals surface area contributed by atoms with E-state index in [1.807, 2.05) is 30.3 Å². The smallest absolute Gasteiger partial charge is 0.293 e. The van der Waals surface area contributed by atoms with Crippen LogP contribution in [-0.2, 0) is 11.3 Å². The van der Waals surface area contributed by atoms with Gasteiger partial charge in [0, 0.05) is 4.47 Å². The Balaban J connectivity index is 1.55. The summed E-state index contributed by atoms with van der Waals surface area (Å²) in [6, 6.07) is 13.0. The highest BCUT2D eigenvalue weighted by atomic mass is 79.9. The number of carbonyl (C=O) groups is 2. The van der Waals surface area contributed by atoms with Crippen molar-refractivity contribution < 1.29 is 19.1 Å². The molecule has 0 N–H and O–H groups in total. The lowest BCUT2D eigenvalue weighted by atomic mass is 10.2. The van der Waals surface area contributed by atoms with E-state index >= 15 is 0 Å². The van der Waals surface area contributed by atoms with Crippen molar-refractivity contribution in [2.75, 3.05) is 6.79 Å². The van der Waals surface area contributed by atoms with Crippen molar-refractivity contribution >= 4 is 44.9 Å². The highest BCUT2D eigenvalue weighted by Gasteiger charge is 2.35. The Bertz CT molecular complexity index is 894. The van der Waals surface area contributed by atoms with Crippen LogP contribution in [0.4, 0.5) is 4.79 Å². The Morgan fingerprint density at radius 1 is 1.08 bits per heavy atom. The molecule has 5 nitrogen and oxygen atoms in total. The minimum absolute atomic E-state index is 0.197. The zero-order chi connectivity index (χ0) is 17.4. The minimum atomic E-state index is -0.282. The number of nitrogens with zero attached hydrogens (tertiary/aromatic N) is 1. The van der Waals surface area contributed by atoms with Crippen LogP contribution in [0.25, 0.3) is 6.08 Å². The molecular formula is C18H12BrNO4S. The summed E-state index contributed by atoms with van der Waals surface area (Å²) >= 11 is 4.32. The van der Waals surface area contributed by atoms with E-state index in [-0.39, 0.29) is 24.5 Å². The normalized spacial score (nSPS) is 17.6. The Kier molecular flexibility index (Phi) is 4.27. The molecule has 2 amide bonds. The topological polar surface area (TPSA) is 55.8 Å². The van der Waals surface area contributed by atoms with Gasteiger partial charge in [0.15, 0.2) is 11.5 Å². The number of hydrogen-bond donors (Lipinski definition) is 0. The van der Waals surface area contributed by atoms with Crippen molar-refractivity contribution in [1.29, 1.82) is 0 Å². The van der Waals surface area contributed by atoms with Gasteiger partial charge in [-0.2, -0.15) is 0 Å². The lowest BCUT2D eigenvalue weighted by Crippen LogP contribution is -2.27. The fourth-order valence-corrected chi connectivity index (χ4v) is 3.67. The first kappa shape index (κ1) is 16.2. The van der Waals surface area contributed by atoms with E-state index < -0.39 is 0 Å². The van der Waals surface area contributed by atoms with Crippen molar-refractivity contribution in [2.24, 2.45) is 0 Å². The van der Waals surface area contributed by atoms with Gasteiger partial charge >= 0.3 is 0 Å². The first-order valence-corrected chi connectivity index (χ1v) is 9.10. The second kappa shape index (κ2) is 6.57. The van der Waals surface area contributed by atoms with Crippen LogP contribution in [0.5, 0.6) is 11.5 Å². The second-order valence-electron chi connectivity index (χ2n) is 5.51. The molecule has 2 aliphatic heterocycles. The fourth-order valence-electron chi connectivity index (χ4n) is 2.56. The monoisotopic (exact) mass is 417 g/mol. The summed E-state index contributed by atoms with van der Waals surface area (Å²) in [5, 5.41) is -0.264. The molecule has 0 spiro atoms. The van der Waals surface area contributed by atoms with Gasteiger partial charge in [0.25, 0.3) is 11.1 Å². The Hall–Kier alpha value is -2.25. The van der Waals surface area contributed by atoms with Crippen molar-refractivity contribution in [3.63, 3.8) is 0 Å². The van der Waals surface area contributed by atoms with Crippen LogP contribution >= 0.6 is 27.7 Å². The third-order valence-corrected chi connectivity index (χ3v) is 5.26. The molecule has 2 aromatic rings. The van der Waals surface area contributed by atoms with E-state index in [4.69, 9.17) is 9.47 Å². The van der Waals surface area contributed by atoms with Gasteiger partial charge in [-0.05, 0) is 53.2 Å². The molecule has 25 heavy (non-hydrogen) atoms. The van der Waals surface area contributed by atoms with E-state index in [0.717, 1.165) is 27.4 Å². The van der Waals surface area contributed by atoms with Crippen LogP contribution in [-0.4, -0.2) is 22.8 Å². The first-order valence-electron chi connectivity index (χ1n) is 7.49. The van der Waals surface area contributed by atoms with Crippen molar-refractivity contribution in [2.45, 2.75) is 6.54 Å². The molecule has 0 unspecified atom stereocenters. The number of fused-ring (bicyclic) bond motifs is 1. The number of rotatable bonds is 3. The molecule has 0 aromatic heterocycles. The summed E-state index contributed by atoms with van der Waals surface area (Å²) < 4.78 is 11.6. The molecule has 2 aliphatic rings. The van der Waals surface area contributed by atoms with E-state index in [1.54, 1.807) is 18.2 Å². The maximum absolute atomic E-state index is 12.6. The van der Waals surface area contributed by atoms with E-state index in [9.17, 15) is 9.59 Å². The van der Waals surface area contributed by atoms with Gasteiger partial charge in [-0.3, -0.25) is 14.5 Å². The third kappa shape index (κ3) is 3.29. The van der Waals surface area contributed by atoms with Crippen molar-refractivity contribution in [1.82, 2.24) is 4.90 Å². The van der Waals surface area contributed by atoms with Gasteiger partial charge in [-0.25, -0.2) is 0 Å². The van der Waals surface area contributed by atoms with Gasteiger partial charge < -0.3 is 9.47 Å². The van der Waals surface area contributed by atoms with Crippen LogP contribution in [0.1, 0.15) is 11.1 Å². The van der Waals surface area contributed by atoms with Crippen LogP contribution < -0.4 is 9.47 Å². The first-order chi connectivity index (χ1) is 12.1. The molecular weight excluding hydrogens is 406 g/mol. The summed E-state index contributed by atoms with van der Waals surface area (Å²) in [7, 11) is 0. The van der Waals surface area contributed by atoms with Crippen LogP contribution in [0.2, 0.25) is 0 Å². The highest BCUT2D eigenvalue weighted by molar-refractivity contribution is 9.10. The third-order valence-electron chi connectivity index (χ3n) is 3.82. The van der Waals surface area contributed by atoms with Crippen molar-refractivity contribution in [3.8, 4) is 11.5 Å². The summed E-state index contributed by atoms with van der Waals surface area (Å²) in [6.45, 7) is 0.457. The number of benzene rings is 2. The molecule has 126 valence electrons. The molecule has 0 bridgehead atoms. The molecule has 2 heterocycles. The number of thioether (sulfide) groups is 1. The molecule has 7 heteroatoms. The zero-order valence-corrected chi connectivity index (χ0v) is 15.3. The average Bonchev–Trinajstić information content (AvgIpc) is 3.16. The standard InChI is InChI=1S/C18H12BrNO4S/c19-13-4-1-11(2-5-13)9-20-17(21)16(25-18(20)22)8-12-3-6-14-15(7-12)24-10-23-14/h1-8H,9-10H2/b16-8+. The quantitative estimate of drug-likeness (QED) is 0.692. The SMILES string of the molecule is O=C1S/C(=C/c2ccc3c(c2)OCO3)C(=O)N1Cc1ccc(Br)cc1. The number of hydrogen-bond acceptors (Lipinski definition) is 5. The number of carbonyl (C=O) groups excluding carboxylic acids is 2. The summed E-state index contributed by atoms with van der Waals surface area (Å²) in [5.41, 5.74) is 1.69. The predicted molar refractivity (Wildman–Crippen MR) is 98.2 cm³/mol. The highest BCUT2D eigenvalue weighted by Crippen LogP contribution is 2.36. The number of halogens is 1. The van der Waals surface area contributed by atoms with E-state index in [2.05, 4.69) is 15.9 Å². The fraction of sp³-hybridized carbons (Fsp3) is 0.111. The lowest BCUT2D eigenvalue weighted by molar-refractivity contribution is -0.123. The molecule has 4 rings (SSSR count). The molecule has 1 fully saturated rings. The molecule has 0 radical (unpaired) electrons. The van der Waals surface area contributed by atoms with Gasteiger partial charge in [-0.15, -0.1) is 0 Å². The molecule has 1 saturated heterocycles. The summed E-state index contributed by atoms with van der Waals surface area (Å²) in [6.07, 6.45) is 1.70. The minimum Gasteiger partial charge on any atom is -0.454 e. The average molecular weight is 418 g/mol. The van der Waals surface area contributed by atoms with Gasteiger partial charge in [-0.1, -0.05) is 34.1 Å². The van der Waals surface area contributed by atoms with Crippen LogP contribution in [0, 0.1) is 0 Å². The number of amides is 2. The lowest BCUT2D eigenvalue weighted by Gasteiger charge is -2.12. The van der Waals surface area contributed by atoms with Crippen LogP contribution in [0.15, 0.2) is 51.8 Å². The Morgan fingerprint density at radius 2 is 1.84 bits per heavy atom. The number of ether oxygens (including phenoxy) is 2. The maximum atomic E-state index is 12.6. The molecule has 2 aromatic carbocycles. The van der Waals surface area contributed by atoms with Crippen molar-refractivity contribution in [3.05, 3.63) is 63.0 Å². The second-order valence-corrected chi connectivity index (χ2v) is 7.42. The largest absolute Gasteiger partial charge is 0.454 e. The van der Waals surface area contributed by atoms with E-state index in [0.29, 0.717) is 16.4 Å². The van der Waals surface area contributed by atoms with Crippen LogP contribution in [0.3, 0.4) is 0 Å². The van der Waals surface area contributed by atoms with Gasteiger partial charge in [0.2, 0.25) is 6.79 Å². The summed E-state index contributed by atoms with van der Waals surface area (Å²) in [5.74, 6) is 1.04.